The minimum atomic E-state index is -0.190. The van der Waals surface area contributed by atoms with Crippen molar-refractivity contribution in [2.24, 2.45) is 7.05 Å². The van der Waals surface area contributed by atoms with E-state index in [1.165, 1.54) is 11.1 Å². The summed E-state index contributed by atoms with van der Waals surface area (Å²) in [7, 11) is 2.02. The van der Waals surface area contributed by atoms with Gasteiger partial charge in [-0.1, -0.05) is 54.6 Å². The Balaban J connectivity index is 1.51. The van der Waals surface area contributed by atoms with E-state index in [4.69, 9.17) is 0 Å². The van der Waals surface area contributed by atoms with E-state index in [2.05, 4.69) is 45.2 Å². The minimum absolute atomic E-state index is 0.101. The van der Waals surface area contributed by atoms with Crippen LogP contribution in [0.15, 0.2) is 79.0 Å². The number of hydrogen-bond acceptors (Lipinski definition) is 3. The summed E-state index contributed by atoms with van der Waals surface area (Å²) in [5.41, 5.74) is 6.63. The summed E-state index contributed by atoms with van der Waals surface area (Å²) in [5.74, 6) is 0.101. The van der Waals surface area contributed by atoms with Crippen LogP contribution in [0.25, 0.3) is 28.4 Å². The largest absolute Gasteiger partial charge is 0.328 e. The predicted octanol–water partition coefficient (Wildman–Crippen LogP) is 4.54. The maximum atomic E-state index is 13.0. The fraction of sp³-hybridized carbons (Fsp3) is 0.154. The lowest BCUT2D eigenvalue weighted by Gasteiger charge is -2.24. The van der Waals surface area contributed by atoms with Gasteiger partial charge in [0.05, 0.1) is 11.7 Å². The van der Waals surface area contributed by atoms with Gasteiger partial charge in [-0.05, 0) is 47.4 Å². The van der Waals surface area contributed by atoms with Gasteiger partial charge in [-0.3, -0.25) is 4.79 Å². The van der Waals surface area contributed by atoms with E-state index >= 15 is 0 Å². The number of pyridine rings is 1. The van der Waals surface area contributed by atoms with Crippen molar-refractivity contribution in [3.8, 4) is 11.3 Å². The molecule has 5 rings (SSSR count). The molecule has 1 atom stereocenters. The third-order valence-electron chi connectivity index (χ3n) is 5.87. The third-order valence-corrected chi connectivity index (χ3v) is 5.87. The highest BCUT2D eigenvalue weighted by molar-refractivity contribution is 6.02. The van der Waals surface area contributed by atoms with Crippen LogP contribution in [0.1, 0.15) is 16.7 Å². The quantitative estimate of drug-likeness (QED) is 0.518. The Kier molecular flexibility index (Phi) is 4.77. The van der Waals surface area contributed by atoms with E-state index in [9.17, 15) is 4.79 Å². The van der Waals surface area contributed by atoms with Gasteiger partial charge in [-0.25, -0.2) is 4.98 Å². The van der Waals surface area contributed by atoms with Gasteiger partial charge < -0.3 is 9.88 Å². The van der Waals surface area contributed by atoms with Gasteiger partial charge >= 0.3 is 0 Å². The number of nitrogens with one attached hydrogen (secondary N) is 1. The summed E-state index contributed by atoms with van der Waals surface area (Å²) < 4.78 is 2.10. The fourth-order valence-electron chi connectivity index (χ4n) is 4.34. The summed E-state index contributed by atoms with van der Waals surface area (Å²) in [5, 5.41) is 4.43. The predicted molar refractivity (Wildman–Crippen MR) is 121 cm³/mol. The molecule has 2 aromatic heterocycles. The van der Waals surface area contributed by atoms with Crippen molar-refractivity contribution in [1.29, 1.82) is 0 Å². The first kappa shape index (κ1) is 18.5. The van der Waals surface area contributed by atoms with Crippen molar-refractivity contribution in [1.82, 2.24) is 14.9 Å². The Labute approximate surface area is 175 Å². The highest BCUT2D eigenvalue weighted by atomic mass is 16.1. The Bertz CT molecular complexity index is 1250. The molecule has 3 heterocycles. The van der Waals surface area contributed by atoms with Gasteiger partial charge in [0.1, 0.15) is 5.65 Å². The average Bonchev–Trinajstić information content (AvgIpc) is 3.09. The van der Waals surface area contributed by atoms with Crippen molar-refractivity contribution in [3.05, 3.63) is 95.7 Å². The smallest absolute Gasteiger partial charge is 0.172 e. The molecule has 1 aliphatic heterocycles. The van der Waals surface area contributed by atoms with Crippen molar-refractivity contribution in [3.63, 3.8) is 0 Å². The fourth-order valence-corrected chi connectivity index (χ4v) is 4.34. The normalized spacial score (nSPS) is 16.1. The first-order valence-electron chi connectivity index (χ1n) is 10.2. The van der Waals surface area contributed by atoms with Gasteiger partial charge in [0.2, 0.25) is 0 Å². The standard InChI is InChI=1S/C26H23N3O/c1-29-25(18-8-3-2-4-9-18)21(22-12-7-15-27-26(22)29)13-14-24(30)23-16-19-10-5-6-11-20(19)17-28-23/h2-15,23,28H,16-17H2,1H3/b14-13+. The van der Waals surface area contributed by atoms with Crippen LogP contribution < -0.4 is 5.32 Å². The number of benzene rings is 2. The highest BCUT2D eigenvalue weighted by Crippen LogP contribution is 2.33. The van der Waals surface area contributed by atoms with Gasteiger partial charge in [0, 0.05) is 30.7 Å². The number of aryl methyl sites for hydroxylation is 1. The number of hydrogen-bond donors (Lipinski definition) is 1. The molecule has 0 fully saturated rings. The SMILES string of the molecule is Cn1c(-c2ccccc2)c(/C=C/C(=O)C2Cc3ccccc3CN2)c2cccnc21. The first-order chi connectivity index (χ1) is 14.7. The van der Waals surface area contributed by atoms with Crippen molar-refractivity contribution in [2.45, 2.75) is 19.0 Å². The second-order valence-corrected chi connectivity index (χ2v) is 7.70. The Hall–Kier alpha value is -3.50. The maximum Gasteiger partial charge on any atom is 0.172 e. The highest BCUT2D eigenvalue weighted by Gasteiger charge is 2.22. The maximum absolute atomic E-state index is 13.0. The molecule has 1 N–H and O–H groups in total. The number of carbonyl (C=O) groups excluding carboxylic acids is 1. The number of fused-ring (bicyclic) bond motifs is 2. The first-order valence-corrected chi connectivity index (χ1v) is 10.2. The summed E-state index contributed by atoms with van der Waals surface area (Å²) in [4.78, 5) is 17.6. The van der Waals surface area contributed by atoms with E-state index in [1.807, 2.05) is 49.5 Å². The zero-order valence-electron chi connectivity index (χ0n) is 16.9. The Morgan fingerprint density at radius 3 is 2.63 bits per heavy atom. The van der Waals surface area contributed by atoms with Crippen LogP contribution in [0.2, 0.25) is 0 Å². The molecule has 4 heteroatoms. The topological polar surface area (TPSA) is 46.9 Å². The molecule has 148 valence electrons. The van der Waals surface area contributed by atoms with E-state index in [-0.39, 0.29) is 11.8 Å². The Morgan fingerprint density at radius 2 is 1.80 bits per heavy atom. The second kappa shape index (κ2) is 7.73. The van der Waals surface area contributed by atoms with Crippen molar-refractivity contribution >= 4 is 22.9 Å². The van der Waals surface area contributed by atoms with E-state index < -0.39 is 0 Å². The van der Waals surface area contributed by atoms with Crippen LogP contribution in [0, 0.1) is 0 Å². The molecule has 4 aromatic rings. The summed E-state index contributed by atoms with van der Waals surface area (Å²) in [6, 6.07) is 22.4. The molecule has 1 unspecified atom stereocenters. The zero-order valence-corrected chi connectivity index (χ0v) is 16.9. The molecule has 30 heavy (non-hydrogen) atoms. The second-order valence-electron chi connectivity index (χ2n) is 7.70. The van der Waals surface area contributed by atoms with Gasteiger partial charge in [-0.15, -0.1) is 0 Å². The van der Waals surface area contributed by atoms with Crippen LogP contribution in [0.5, 0.6) is 0 Å². The number of aromatic nitrogens is 2. The lowest BCUT2D eigenvalue weighted by atomic mass is 9.93. The molecule has 0 saturated carbocycles. The van der Waals surface area contributed by atoms with E-state index in [0.29, 0.717) is 0 Å². The molecule has 0 aliphatic carbocycles. The molecule has 0 radical (unpaired) electrons. The summed E-state index contributed by atoms with van der Waals surface area (Å²) in [6.45, 7) is 0.730. The van der Waals surface area contributed by atoms with E-state index in [1.54, 1.807) is 12.3 Å². The molecular formula is C26H23N3O. The molecule has 1 aliphatic rings. The van der Waals surface area contributed by atoms with Gasteiger partial charge in [0.15, 0.2) is 5.78 Å². The minimum Gasteiger partial charge on any atom is -0.328 e. The summed E-state index contributed by atoms with van der Waals surface area (Å²) in [6.07, 6.45) is 6.21. The van der Waals surface area contributed by atoms with Crippen molar-refractivity contribution in [2.75, 3.05) is 0 Å². The van der Waals surface area contributed by atoms with Gasteiger partial charge in [0.25, 0.3) is 0 Å². The van der Waals surface area contributed by atoms with E-state index in [0.717, 1.165) is 40.8 Å². The molecule has 0 spiro atoms. The molecular weight excluding hydrogens is 370 g/mol. The number of nitrogens with zero attached hydrogens (tertiary/aromatic N) is 2. The molecule has 4 nitrogen and oxygen atoms in total. The van der Waals surface area contributed by atoms with Gasteiger partial charge in [-0.2, -0.15) is 0 Å². The third kappa shape index (κ3) is 3.25. The number of ketones is 1. The van der Waals surface area contributed by atoms with Crippen LogP contribution in [0.3, 0.4) is 0 Å². The molecule has 0 saturated heterocycles. The zero-order chi connectivity index (χ0) is 20.5. The lowest BCUT2D eigenvalue weighted by Crippen LogP contribution is -2.40. The monoisotopic (exact) mass is 393 g/mol. The van der Waals surface area contributed by atoms with Crippen LogP contribution in [0.4, 0.5) is 0 Å². The lowest BCUT2D eigenvalue weighted by molar-refractivity contribution is -0.116. The van der Waals surface area contributed by atoms with Crippen LogP contribution in [-0.2, 0) is 24.8 Å². The molecule has 2 aromatic carbocycles. The number of carbonyl (C=O) groups is 1. The number of rotatable bonds is 4. The van der Waals surface area contributed by atoms with Crippen molar-refractivity contribution < 1.29 is 4.79 Å². The van der Waals surface area contributed by atoms with Crippen LogP contribution in [-0.4, -0.2) is 21.4 Å². The van der Waals surface area contributed by atoms with Crippen LogP contribution >= 0.6 is 0 Å². The Morgan fingerprint density at radius 1 is 1.03 bits per heavy atom. The average molecular weight is 393 g/mol. The summed E-state index contributed by atoms with van der Waals surface area (Å²) >= 11 is 0. The molecule has 0 bridgehead atoms. The molecule has 0 amide bonds.